The number of benzene rings is 2. The monoisotopic (exact) mass is 663 g/mol. The largest absolute Gasteiger partial charge is 0.480 e. The van der Waals surface area contributed by atoms with E-state index in [-0.39, 0.29) is 57.1 Å². The van der Waals surface area contributed by atoms with Gasteiger partial charge in [0.15, 0.2) is 11.9 Å². The number of aromatic amines is 1. The Bertz CT molecular complexity index is 1580. The van der Waals surface area contributed by atoms with Crippen LogP contribution in [0, 0.1) is 0 Å². The molecule has 1 heterocycles. The molecule has 4 atom stereocenters. The molecule has 48 heavy (non-hydrogen) atoms. The normalized spacial score (nSPS) is 13.4. The number of nitrogens with two attached hydrogens (primary N) is 5. The van der Waals surface area contributed by atoms with E-state index in [1.54, 1.807) is 6.20 Å². The second-order valence-corrected chi connectivity index (χ2v) is 11.3. The van der Waals surface area contributed by atoms with Crippen LogP contribution in [-0.2, 0) is 32.0 Å². The van der Waals surface area contributed by atoms with Gasteiger partial charge in [0, 0.05) is 36.6 Å². The first-order valence-electron chi connectivity index (χ1n) is 15.5. The zero-order valence-electron chi connectivity index (χ0n) is 26.6. The molecule has 16 nitrogen and oxygen atoms in total. The molecule has 1 aromatic heterocycles. The van der Waals surface area contributed by atoms with E-state index >= 15 is 0 Å². The van der Waals surface area contributed by atoms with Gasteiger partial charge in [-0.2, -0.15) is 0 Å². The third kappa shape index (κ3) is 11.9. The highest BCUT2D eigenvalue weighted by Gasteiger charge is 2.30. The van der Waals surface area contributed by atoms with Crippen LogP contribution in [-0.4, -0.2) is 83.0 Å². The maximum absolute atomic E-state index is 13.6. The lowest BCUT2D eigenvalue weighted by Gasteiger charge is -2.25. The van der Waals surface area contributed by atoms with E-state index in [1.807, 2.05) is 54.6 Å². The second kappa shape index (κ2) is 18.5. The van der Waals surface area contributed by atoms with Crippen LogP contribution in [0.25, 0.3) is 10.9 Å². The summed E-state index contributed by atoms with van der Waals surface area (Å²) in [5.74, 6) is -3.49. The smallest absolute Gasteiger partial charge is 0.326 e. The quantitative estimate of drug-likeness (QED) is 0.0420. The molecule has 0 bridgehead atoms. The van der Waals surface area contributed by atoms with Crippen molar-refractivity contribution >= 4 is 46.5 Å². The van der Waals surface area contributed by atoms with Gasteiger partial charge in [-0.15, -0.1) is 0 Å². The fourth-order valence-electron chi connectivity index (χ4n) is 5.05. The molecule has 0 saturated heterocycles. The number of aliphatic imine (C=N–C) groups is 2. The summed E-state index contributed by atoms with van der Waals surface area (Å²) in [7, 11) is 0. The number of para-hydroxylation sites is 1. The SMILES string of the molecule is NC(N)=NCCCC(NC(=O)C(N)Cc1ccccc1)C(=O)NC(CCCN=C(N)N)C(=O)NC(Cc1c[nH]c2ccccc12)C(=O)O. The second-order valence-electron chi connectivity index (χ2n) is 11.3. The number of aliphatic carboxylic acids is 1. The van der Waals surface area contributed by atoms with Crippen LogP contribution in [0.4, 0.5) is 0 Å². The van der Waals surface area contributed by atoms with E-state index in [0.29, 0.717) is 12.0 Å². The number of amides is 3. The maximum atomic E-state index is 13.6. The molecule has 3 amide bonds. The number of nitrogens with one attached hydrogen (secondary N) is 4. The van der Waals surface area contributed by atoms with E-state index < -0.39 is 47.9 Å². The first kappa shape index (κ1) is 36.8. The van der Waals surface area contributed by atoms with Gasteiger partial charge in [-0.1, -0.05) is 48.5 Å². The number of H-pyrrole nitrogens is 1. The number of fused-ring (bicyclic) bond motifs is 1. The molecule has 0 fully saturated rings. The number of hydrogen-bond donors (Lipinski definition) is 10. The predicted molar refractivity (Wildman–Crippen MR) is 183 cm³/mol. The molecule has 15 N–H and O–H groups in total. The van der Waals surface area contributed by atoms with Crippen molar-refractivity contribution in [2.75, 3.05) is 13.1 Å². The highest BCUT2D eigenvalue weighted by molar-refractivity contribution is 5.94. The molecule has 0 aliphatic rings. The molecular weight excluding hydrogens is 618 g/mol. The molecule has 0 aliphatic carbocycles. The predicted octanol–water partition coefficient (Wildman–Crippen LogP) is -1.07. The zero-order valence-corrected chi connectivity index (χ0v) is 26.6. The Labute approximate surface area is 278 Å². The Balaban J connectivity index is 1.77. The van der Waals surface area contributed by atoms with Gasteiger partial charge in [-0.3, -0.25) is 24.4 Å². The lowest BCUT2D eigenvalue weighted by atomic mass is 10.0. The van der Waals surface area contributed by atoms with Crippen molar-refractivity contribution in [1.82, 2.24) is 20.9 Å². The maximum Gasteiger partial charge on any atom is 0.326 e. The van der Waals surface area contributed by atoms with Gasteiger partial charge in [-0.25, -0.2) is 4.79 Å². The number of nitrogens with zero attached hydrogens (tertiary/aromatic N) is 2. The van der Waals surface area contributed by atoms with Crippen molar-refractivity contribution in [3.63, 3.8) is 0 Å². The summed E-state index contributed by atoms with van der Waals surface area (Å²) in [5, 5.41) is 18.7. The number of carboxylic acids is 1. The molecule has 0 radical (unpaired) electrons. The van der Waals surface area contributed by atoms with Crippen molar-refractivity contribution in [2.45, 2.75) is 62.7 Å². The Morgan fingerprint density at radius 3 is 1.79 bits per heavy atom. The van der Waals surface area contributed by atoms with Gasteiger partial charge >= 0.3 is 5.97 Å². The van der Waals surface area contributed by atoms with Gasteiger partial charge in [0.05, 0.1) is 6.04 Å². The van der Waals surface area contributed by atoms with Gasteiger partial charge in [0.1, 0.15) is 18.1 Å². The van der Waals surface area contributed by atoms with E-state index in [0.717, 1.165) is 16.5 Å². The van der Waals surface area contributed by atoms with Crippen molar-refractivity contribution < 1.29 is 24.3 Å². The highest BCUT2D eigenvalue weighted by atomic mass is 16.4. The van der Waals surface area contributed by atoms with Crippen LogP contribution in [0.2, 0.25) is 0 Å². The molecule has 258 valence electrons. The van der Waals surface area contributed by atoms with Crippen molar-refractivity contribution in [1.29, 1.82) is 0 Å². The number of hydrogen-bond acceptors (Lipinski definition) is 7. The van der Waals surface area contributed by atoms with Crippen LogP contribution in [0.3, 0.4) is 0 Å². The summed E-state index contributed by atoms with van der Waals surface area (Å²) in [4.78, 5) is 63.5. The number of aromatic nitrogens is 1. The fourth-order valence-corrected chi connectivity index (χ4v) is 5.05. The summed E-state index contributed by atoms with van der Waals surface area (Å²) in [6.45, 7) is 0.349. The molecule has 3 rings (SSSR count). The highest BCUT2D eigenvalue weighted by Crippen LogP contribution is 2.19. The number of carboxylic acid groups (broad SMARTS) is 1. The molecular formula is C32H45N11O5. The molecule has 3 aromatic rings. The van der Waals surface area contributed by atoms with Crippen molar-refractivity contribution in [3.05, 3.63) is 71.9 Å². The number of carbonyl (C=O) groups is 4. The Morgan fingerprint density at radius 1 is 0.708 bits per heavy atom. The molecule has 0 spiro atoms. The summed E-state index contributed by atoms with van der Waals surface area (Å²) in [6.07, 6.45) is 2.69. The minimum atomic E-state index is -1.31. The third-order valence-electron chi connectivity index (χ3n) is 7.51. The number of carbonyl (C=O) groups excluding carboxylic acids is 3. The average Bonchev–Trinajstić information content (AvgIpc) is 3.46. The minimum absolute atomic E-state index is 0.0114. The summed E-state index contributed by atoms with van der Waals surface area (Å²) < 4.78 is 0. The van der Waals surface area contributed by atoms with Gasteiger partial charge in [0.2, 0.25) is 17.7 Å². The van der Waals surface area contributed by atoms with Crippen LogP contribution in [0.1, 0.15) is 36.8 Å². The van der Waals surface area contributed by atoms with E-state index in [1.165, 1.54) is 0 Å². The third-order valence-corrected chi connectivity index (χ3v) is 7.51. The van der Waals surface area contributed by atoms with E-state index in [4.69, 9.17) is 28.7 Å². The first-order valence-corrected chi connectivity index (χ1v) is 15.5. The van der Waals surface area contributed by atoms with Crippen molar-refractivity contribution in [3.8, 4) is 0 Å². The van der Waals surface area contributed by atoms with Crippen LogP contribution < -0.4 is 44.6 Å². The van der Waals surface area contributed by atoms with Crippen molar-refractivity contribution in [2.24, 2.45) is 38.7 Å². The summed E-state index contributed by atoms with van der Waals surface area (Å²) in [5.41, 5.74) is 30.2. The number of guanidine groups is 2. The molecule has 2 aromatic carbocycles. The Kier molecular flexibility index (Phi) is 14.2. The standard InChI is InChI=1S/C32H45N11O5/c33-22(16-19-8-2-1-3-9-19)27(44)41-24(12-6-14-38-31(34)35)28(45)42-25(13-7-15-39-32(36)37)29(46)43-26(30(47)48)17-20-18-40-23-11-5-4-10-21(20)23/h1-5,8-11,18,22,24-26,40H,6-7,12-17,33H2,(H,41,44)(H,42,45)(H,43,46)(H,47,48)(H4,34,35,38)(H4,36,37,39). The molecule has 4 unspecified atom stereocenters. The van der Waals surface area contributed by atoms with Gasteiger partial charge < -0.3 is 54.7 Å². The summed E-state index contributed by atoms with van der Waals surface area (Å²) in [6, 6.07) is 12.0. The average molecular weight is 664 g/mol. The topological polar surface area (TPSA) is 295 Å². The minimum Gasteiger partial charge on any atom is -0.480 e. The zero-order chi connectivity index (χ0) is 35.1. The van der Waals surface area contributed by atoms with E-state index in [2.05, 4.69) is 30.9 Å². The van der Waals surface area contributed by atoms with Crippen LogP contribution >= 0.6 is 0 Å². The lowest BCUT2D eigenvalue weighted by Crippen LogP contribution is -2.57. The molecule has 0 saturated carbocycles. The first-order chi connectivity index (χ1) is 22.9. The Hall–Kier alpha value is -5.64. The number of rotatable bonds is 19. The Morgan fingerprint density at radius 2 is 1.23 bits per heavy atom. The van der Waals surface area contributed by atoms with E-state index in [9.17, 15) is 24.3 Å². The van der Waals surface area contributed by atoms with Gasteiger partial charge in [0.25, 0.3) is 0 Å². The lowest BCUT2D eigenvalue weighted by molar-refractivity contribution is -0.142. The molecule has 0 aliphatic heterocycles. The molecule has 16 heteroatoms. The summed E-state index contributed by atoms with van der Waals surface area (Å²) >= 11 is 0. The fraction of sp³-hybridized carbons (Fsp3) is 0.375. The van der Waals surface area contributed by atoms with Gasteiger partial charge in [-0.05, 0) is 49.3 Å². The van der Waals surface area contributed by atoms with Crippen LogP contribution in [0.5, 0.6) is 0 Å². The van der Waals surface area contributed by atoms with Crippen LogP contribution in [0.15, 0.2) is 70.8 Å².